The fraction of sp³-hybridized carbons (Fsp3) is 0.0149. The molecule has 0 N–H and O–H groups in total. The maximum absolute atomic E-state index is 7.13. The quantitative estimate of drug-likeness (QED) is 0.133. The predicted molar refractivity (Wildman–Crippen MR) is 304 cm³/mol. The van der Waals surface area contributed by atoms with Crippen LogP contribution in [0.2, 0.25) is 0 Å². The van der Waals surface area contributed by atoms with E-state index in [1.165, 1.54) is 0 Å². The first-order valence-electron chi connectivity index (χ1n) is 25.2. The van der Waals surface area contributed by atoms with Gasteiger partial charge in [0.1, 0.15) is 22.7 Å². The number of rotatable bonds is 10. The van der Waals surface area contributed by atoms with Crippen LogP contribution < -0.4 is 4.74 Å². The second-order valence-electron chi connectivity index (χ2n) is 18.7. The minimum atomic E-state index is 0.524. The number of hydrogen-bond donors (Lipinski definition) is 0. The molecule has 14 rings (SSSR count). The SMILES string of the molecule is Cc1ccccc1-c1c(Oc2ccc3oc4c(-c5nc(-c6ccccc6)nc(-c6ccccc6)n5)cccc4c3c2)ccc2c1c1ccccc1n2-c1cccc(-c2nc(-c3ccccc3)nc(-c3ccccc3)n2)c1. The van der Waals surface area contributed by atoms with E-state index in [-0.39, 0.29) is 0 Å². The number of para-hydroxylation sites is 2. The Morgan fingerprint density at radius 2 is 0.868 bits per heavy atom. The van der Waals surface area contributed by atoms with Gasteiger partial charge in [-0.25, -0.2) is 29.9 Å². The van der Waals surface area contributed by atoms with Gasteiger partial charge in [-0.05, 0) is 72.6 Å². The zero-order chi connectivity index (χ0) is 50.5. The van der Waals surface area contributed by atoms with Crippen molar-refractivity contribution in [3.05, 3.63) is 248 Å². The van der Waals surface area contributed by atoms with Crippen molar-refractivity contribution < 1.29 is 9.15 Å². The summed E-state index contributed by atoms with van der Waals surface area (Å²) >= 11 is 0. The van der Waals surface area contributed by atoms with Gasteiger partial charge in [-0.1, -0.05) is 188 Å². The van der Waals surface area contributed by atoms with Crippen LogP contribution in [0.3, 0.4) is 0 Å². The number of fused-ring (bicyclic) bond motifs is 6. The number of furan rings is 1. The molecule has 0 bridgehead atoms. The summed E-state index contributed by atoms with van der Waals surface area (Å²) in [5.74, 6) is 4.91. The van der Waals surface area contributed by atoms with Crippen LogP contribution in [-0.2, 0) is 0 Å². The van der Waals surface area contributed by atoms with Crippen molar-refractivity contribution in [2.45, 2.75) is 6.92 Å². The van der Waals surface area contributed by atoms with E-state index in [9.17, 15) is 0 Å². The Morgan fingerprint density at radius 1 is 0.368 bits per heavy atom. The molecule has 0 amide bonds. The summed E-state index contributed by atoms with van der Waals surface area (Å²) in [7, 11) is 0. The van der Waals surface area contributed by atoms with Crippen LogP contribution in [0.15, 0.2) is 247 Å². The van der Waals surface area contributed by atoms with Crippen LogP contribution in [0.4, 0.5) is 0 Å². The molecule has 0 fully saturated rings. The maximum atomic E-state index is 7.13. The van der Waals surface area contributed by atoms with Crippen LogP contribution in [0, 0.1) is 6.92 Å². The fourth-order valence-corrected chi connectivity index (χ4v) is 10.3. The van der Waals surface area contributed by atoms with Crippen molar-refractivity contribution in [2.24, 2.45) is 0 Å². The Balaban J connectivity index is 0.894. The number of nitrogens with zero attached hydrogens (tertiary/aromatic N) is 7. The van der Waals surface area contributed by atoms with Crippen LogP contribution >= 0.6 is 0 Å². The highest BCUT2D eigenvalue weighted by molar-refractivity contribution is 6.17. The Kier molecular flexibility index (Phi) is 10.8. The zero-order valence-corrected chi connectivity index (χ0v) is 41.0. The largest absolute Gasteiger partial charge is 0.457 e. The molecule has 0 aliphatic heterocycles. The summed E-state index contributed by atoms with van der Waals surface area (Å²) in [6.45, 7) is 2.15. The summed E-state index contributed by atoms with van der Waals surface area (Å²) in [6.07, 6.45) is 0. The molecule has 4 heterocycles. The number of hydrogen-bond acceptors (Lipinski definition) is 8. The predicted octanol–water partition coefficient (Wildman–Crippen LogP) is 16.8. The Hall–Kier alpha value is -10.4. The van der Waals surface area contributed by atoms with Crippen molar-refractivity contribution in [1.29, 1.82) is 0 Å². The lowest BCUT2D eigenvalue weighted by atomic mass is 9.95. The van der Waals surface area contributed by atoms with Crippen LogP contribution in [0.5, 0.6) is 11.5 Å². The van der Waals surface area contributed by atoms with E-state index in [2.05, 4.69) is 109 Å². The van der Waals surface area contributed by atoms with Crippen LogP contribution in [-0.4, -0.2) is 34.5 Å². The molecule has 358 valence electrons. The van der Waals surface area contributed by atoms with Crippen LogP contribution in [0.25, 0.3) is 129 Å². The monoisotopic (exact) mass is 977 g/mol. The molecular formula is C67H43N7O2. The summed E-state index contributed by atoms with van der Waals surface area (Å²) in [5.41, 5.74) is 12.9. The van der Waals surface area contributed by atoms with Gasteiger partial charge >= 0.3 is 0 Å². The van der Waals surface area contributed by atoms with Crippen molar-refractivity contribution in [3.63, 3.8) is 0 Å². The van der Waals surface area contributed by atoms with Gasteiger partial charge in [0.05, 0.1) is 16.6 Å². The van der Waals surface area contributed by atoms with E-state index in [1.54, 1.807) is 0 Å². The fourth-order valence-electron chi connectivity index (χ4n) is 10.3. The average molecular weight is 978 g/mol. The highest BCUT2D eigenvalue weighted by Gasteiger charge is 2.24. The highest BCUT2D eigenvalue weighted by Crippen LogP contribution is 2.47. The van der Waals surface area contributed by atoms with E-state index in [0.717, 1.165) is 99.7 Å². The van der Waals surface area contributed by atoms with Crippen molar-refractivity contribution in [1.82, 2.24) is 34.5 Å². The minimum absolute atomic E-state index is 0.524. The molecule has 14 aromatic rings. The maximum Gasteiger partial charge on any atom is 0.167 e. The standard InChI is InChI=1S/C67H43N7O2/c1-42-20-14-15-31-50(42)60-58(75-49-36-38-57-54(41-49)51-33-19-34-53(61(51)76-57)67-72-64(45-25-10-4-11-26-45)69-65(73-67)46-27-12-5-13-28-46)39-37-56-59(60)52-32-16-17-35-55(52)74(56)48-30-18-29-47(40-48)66-70-62(43-21-6-2-7-22-43)68-63(71-66)44-23-8-3-9-24-44/h2-41H,1H3. The molecule has 0 atom stereocenters. The molecule has 10 aromatic carbocycles. The first-order valence-corrected chi connectivity index (χ1v) is 25.2. The Bertz CT molecular complexity index is 4380. The molecule has 0 spiro atoms. The van der Waals surface area contributed by atoms with Gasteiger partial charge in [0.25, 0.3) is 0 Å². The lowest BCUT2D eigenvalue weighted by Crippen LogP contribution is -2.01. The van der Waals surface area contributed by atoms with E-state index in [4.69, 9.17) is 39.1 Å². The molecule has 0 saturated carbocycles. The second kappa shape index (κ2) is 18.6. The molecule has 0 aliphatic carbocycles. The summed E-state index contributed by atoms with van der Waals surface area (Å²) in [4.78, 5) is 30.1. The molecule has 9 heteroatoms. The van der Waals surface area contributed by atoms with E-state index in [0.29, 0.717) is 46.3 Å². The van der Waals surface area contributed by atoms with Gasteiger partial charge in [0, 0.05) is 60.6 Å². The molecule has 0 aliphatic rings. The molecule has 4 aromatic heterocycles. The summed E-state index contributed by atoms with van der Waals surface area (Å²) in [5, 5.41) is 4.00. The van der Waals surface area contributed by atoms with Crippen LogP contribution in [0.1, 0.15) is 5.56 Å². The van der Waals surface area contributed by atoms with Gasteiger partial charge < -0.3 is 13.7 Å². The van der Waals surface area contributed by atoms with Gasteiger partial charge in [-0.3, -0.25) is 0 Å². The van der Waals surface area contributed by atoms with Crippen molar-refractivity contribution in [2.75, 3.05) is 0 Å². The topological polar surface area (TPSA) is 105 Å². The average Bonchev–Trinajstić information content (AvgIpc) is 4.11. The van der Waals surface area contributed by atoms with Gasteiger partial charge in [0.2, 0.25) is 0 Å². The highest BCUT2D eigenvalue weighted by atomic mass is 16.5. The zero-order valence-electron chi connectivity index (χ0n) is 41.0. The molecule has 0 unspecified atom stereocenters. The lowest BCUT2D eigenvalue weighted by Gasteiger charge is -2.16. The van der Waals surface area contributed by atoms with E-state index >= 15 is 0 Å². The van der Waals surface area contributed by atoms with Gasteiger partial charge in [-0.15, -0.1) is 0 Å². The third-order valence-corrected chi connectivity index (χ3v) is 13.9. The molecule has 9 nitrogen and oxygen atoms in total. The van der Waals surface area contributed by atoms with Gasteiger partial charge in [0.15, 0.2) is 34.9 Å². The molecular weight excluding hydrogens is 935 g/mol. The first kappa shape index (κ1) is 44.3. The molecule has 76 heavy (non-hydrogen) atoms. The van der Waals surface area contributed by atoms with E-state index < -0.39 is 0 Å². The number of aryl methyl sites for hydroxylation is 1. The van der Waals surface area contributed by atoms with E-state index in [1.807, 2.05) is 146 Å². The van der Waals surface area contributed by atoms with Crippen molar-refractivity contribution in [3.8, 4) is 96.6 Å². The first-order chi connectivity index (χ1) is 37.6. The van der Waals surface area contributed by atoms with Crippen molar-refractivity contribution >= 4 is 43.7 Å². The molecule has 0 radical (unpaired) electrons. The number of ether oxygens (including phenoxy) is 1. The normalized spacial score (nSPS) is 11.5. The molecule has 0 saturated heterocycles. The minimum Gasteiger partial charge on any atom is -0.457 e. The number of aromatic nitrogens is 7. The second-order valence-corrected chi connectivity index (χ2v) is 18.7. The smallest absolute Gasteiger partial charge is 0.167 e. The van der Waals surface area contributed by atoms with Gasteiger partial charge in [-0.2, -0.15) is 0 Å². The summed E-state index contributed by atoms with van der Waals surface area (Å²) < 4.78 is 16.2. The third-order valence-electron chi connectivity index (χ3n) is 13.9. The third kappa shape index (κ3) is 7.91. The lowest BCUT2D eigenvalue weighted by molar-refractivity contribution is 0.485. The number of benzene rings is 10. The summed E-state index contributed by atoms with van der Waals surface area (Å²) in [6, 6.07) is 82.1. The Morgan fingerprint density at radius 3 is 1.49 bits per heavy atom. The Labute approximate surface area is 437 Å².